The van der Waals surface area contributed by atoms with Gasteiger partial charge in [-0.2, -0.15) is 0 Å². The average Bonchev–Trinajstić information content (AvgIpc) is 2.96. The number of halogens is 1. The first-order chi connectivity index (χ1) is 15.5. The Balaban J connectivity index is 1.80. The van der Waals surface area contributed by atoms with Crippen molar-refractivity contribution in [2.45, 2.75) is 45.5 Å². The van der Waals surface area contributed by atoms with Crippen LogP contribution in [0.1, 0.15) is 49.2 Å². The Morgan fingerprint density at radius 1 is 1.09 bits per heavy atom. The summed E-state index contributed by atoms with van der Waals surface area (Å²) in [4.78, 5) is 23.7. The zero-order valence-electron chi connectivity index (χ0n) is 19.1. The first kappa shape index (κ1) is 24.8. The number of rotatable bonds is 7. The molecule has 0 aliphatic carbocycles. The Labute approximate surface area is 198 Å². The molecule has 2 N–H and O–H groups in total. The Bertz CT molecular complexity index is 1040. The topological polar surface area (TPSA) is 94.1 Å². The fourth-order valence-electron chi connectivity index (χ4n) is 3.18. The number of hydrogen-bond acceptors (Lipinski definition) is 5. The molecule has 1 aliphatic rings. The van der Waals surface area contributed by atoms with Gasteiger partial charge in [-0.15, -0.1) is 0 Å². The third-order valence-electron chi connectivity index (χ3n) is 5.72. The number of amides is 1. The SMILES string of the molecule is CC1(C)OB(C(=Cc2cc(Cl)cc(C(=O)O)c2)CNC(=O)OCc2ccccc2)OC1(C)C. The number of aromatic carboxylic acids is 1. The molecule has 7 nitrogen and oxygen atoms in total. The molecule has 2 aromatic carbocycles. The van der Waals surface area contributed by atoms with Crippen LogP contribution in [-0.2, 0) is 20.7 Å². The lowest BCUT2D eigenvalue weighted by Gasteiger charge is -2.32. The van der Waals surface area contributed by atoms with Crippen molar-refractivity contribution in [3.05, 3.63) is 75.7 Å². The van der Waals surface area contributed by atoms with Gasteiger partial charge in [0, 0.05) is 11.6 Å². The smallest absolute Gasteiger partial charge is 0.478 e. The summed E-state index contributed by atoms with van der Waals surface area (Å²) in [6, 6.07) is 13.8. The second kappa shape index (κ2) is 9.99. The van der Waals surface area contributed by atoms with Gasteiger partial charge in [-0.05, 0) is 62.5 Å². The first-order valence-electron chi connectivity index (χ1n) is 10.5. The van der Waals surface area contributed by atoms with E-state index in [4.69, 9.17) is 25.6 Å². The zero-order chi connectivity index (χ0) is 24.2. The van der Waals surface area contributed by atoms with Gasteiger partial charge in [0.15, 0.2) is 0 Å². The van der Waals surface area contributed by atoms with Crippen molar-refractivity contribution in [3.8, 4) is 0 Å². The first-order valence-corrected chi connectivity index (χ1v) is 10.9. The highest BCUT2D eigenvalue weighted by Gasteiger charge is 2.52. The second-order valence-corrected chi connectivity index (χ2v) is 9.24. The number of alkyl carbamates (subject to hydrolysis) is 1. The number of carboxylic acid groups (broad SMARTS) is 1. The maximum absolute atomic E-state index is 12.3. The summed E-state index contributed by atoms with van der Waals surface area (Å²) in [7, 11) is -0.753. The largest absolute Gasteiger partial charge is 0.492 e. The minimum Gasteiger partial charge on any atom is -0.478 e. The lowest BCUT2D eigenvalue weighted by Crippen LogP contribution is -2.41. The van der Waals surface area contributed by atoms with Crippen LogP contribution < -0.4 is 5.32 Å². The number of carbonyl (C=O) groups excluding carboxylic acids is 1. The fourth-order valence-corrected chi connectivity index (χ4v) is 3.42. The van der Waals surface area contributed by atoms with Crippen LogP contribution in [0, 0.1) is 0 Å². The van der Waals surface area contributed by atoms with Crippen LogP contribution in [0.25, 0.3) is 6.08 Å². The van der Waals surface area contributed by atoms with E-state index in [0.29, 0.717) is 11.0 Å². The minimum atomic E-state index is -1.09. The van der Waals surface area contributed by atoms with Crippen LogP contribution in [0.3, 0.4) is 0 Å². The second-order valence-electron chi connectivity index (χ2n) is 8.80. The number of carbonyl (C=O) groups is 2. The van der Waals surface area contributed by atoms with Gasteiger partial charge in [0.1, 0.15) is 6.61 Å². The molecule has 33 heavy (non-hydrogen) atoms. The van der Waals surface area contributed by atoms with Gasteiger partial charge in [-0.25, -0.2) is 9.59 Å². The standard InChI is InChI=1S/C24H27BClNO6/c1-23(2)24(3,4)33-25(32-23)19(11-17-10-18(21(28)29)13-20(26)12-17)14-27-22(30)31-15-16-8-6-5-7-9-16/h5-13H,14-15H2,1-4H3,(H,27,30)(H,28,29). The van der Waals surface area contributed by atoms with E-state index in [1.165, 1.54) is 12.1 Å². The predicted octanol–water partition coefficient (Wildman–Crippen LogP) is 4.98. The van der Waals surface area contributed by atoms with Crippen LogP contribution in [-0.4, -0.2) is 42.0 Å². The van der Waals surface area contributed by atoms with Gasteiger partial charge < -0.3 is 24.5 Å². The molecule has 0 radical (unpaired) electrons. The Kier molecular flexibility index (Phi) is 7.52. The summed E-state index contributed by atoms with van der Waals surface area (Å²) in [5.74, 6) is -1.09. The number of nitrogens with one attached hydrogen (secondary N) is 1. The Hall–Kier alpha value is -2.81. The van der Waals surface area contributed by atoms with Crippen molar-refractivity contribution in [3.63, 3.8) is 0 Å². The van der Waals surface area contributed by atoms with E-state index in [-0.39, 0.29) is 23.7 Å². The normalized spacial score (nSPS) is 17.0. The monoisotopic (exact) mass is 471 g/mol. The van der Waals surface area contributed by atoms with Gasteiger partial charge in [0.05, 0.1) is 16.8 Å². The Morgan fingerprint density at radius 2 is 1.73 bits per heavy atom. The van der Waals surface area contributed by atoms with Crippen molar-refractivity contribution in [1.29, 1.82) is 0 Å². The van der Waals surface area contributed by atoms with Crippen LogP contribution in [0.15, 0.2) is 54.0 Å². The van der Waals surface area contributed by atoms with E-state index in [9.17, 15) is 14.7 Å². The van der Waals surface area contributed by atoms with E-state index in [1.54, 1.807) is 12.1 Å². The fraction of sp³-hybridized carbons (Fsp3) is 0.333. The number of benzene rings is 2. The molecule has 0 spiro atoms. The number of carboxylic acids is 1. The van der Waals surface area contributed by atoms with Crippen LogP contribution in [0.4, 0.5) is 4.79 Å². The van der Waals surface area contributed by atoms with Crippen molar-refractivity contribution in [2.75, 3.05) is 6.54 Å². The highest BCUT2D eigenvalue weighted by atomic mass is 35.5. The maximum Gasteiger partial charge on any atom is 0.492 e. The summed E-state index contributed by atoms with van der Waals surface area (Å²) in [6.45, 7) is 7.90. The average molecular weight is 472 g/mol. The van der Waals surface area contributed by atoms with E-state index in [1.807, 2.05) is 58.0 Å². The number of ether oxygens (including phenoxy) is 1. The molecule has 0 atom stereocenters. The lowest BCUT2D eigenvalue weighted by atomic mass is 9.77. The lowest BCUT2D eigenvalue weighted by molar-refractivity contribution is 0.00578. The van der Waals surface area contributed by atoms with Crippen LogP contribution in [0.5, 0.6) is 0 Å². The predicted molar refractivity (Wildman–Crippen MR) is 127 cm³/mol. The summed E-state index contributed by atoms with van der Waals surface area (Å²) in [5.41, 5.74) is 0.871. The molecular formula is C24H27BClNO6. The van der Waals surface area contributed by atoms with E-state index < -0.39 is 30.4 Å². The van der Waals surface area contributed by atoms with Crippen molar-refractivity contribution in [2.24, 2.45) is 0 Å². The maximum atomic E-state index is 12.3. The van der Waals surface area contributed by atoms with Crippen molar-refractivity contribution in [1.82, 2.24) is 5.32 Å². The molecule has 174 valence electrons. The van der Waals surface area contributed by atoms with E-state index >= 15 is 0 Å². The molecule has 0 bridgehead atoms. The summed E-state index contributed by atoms with van der Waals surface area (Å²) >= 11 is 6.11. The van der Waals surface area contributed by atoms with Crippen molar-refractivity contribution >= 4 is 36.9 Å². The molecule has 0 unspecified atom stereocenters. The highest BCUT2D eigenvalue weighted by molar-refractivity contribution is 6.56. The number of hydrogen-bond donors (Lipinski definition) is 2. The molecule has 1 heterocycles. The molecule has 1 aliphatic heterocycles. The van der Waals surface area contributed by atoms with Crippen LogP contribution in [0.2, 0.25) is 5.02 Å². The van der Waals surface area contributed by atoms with E-state index in [2.05, 4.69) is 5.32 Å². The minimum absolute atomic E-state index is 0.0530. The third-order valence-corrected chi connectivity index (χ3v) is 5.94. The van der Waals surface area contributed by atoms with Gasteiger partial charge in [0.2, 0.25) is 0 Å². The molecule has 0 saturated carbocycles. The Morgan fingerprint density at radius 3 is 2.33 bits per heavy atom. The third kappa shape index (κ3) is 6.38. The highest BCUT2D eigenvalue weighted by Crippen LogP contribution is 2.38. The van der Waals surface area contributed by atoms with Crippen molar-refractivity contribution < 1.29 is 28.7 Å². The van der Waals surface area contributed by atoms with Gasteiger partial charge in [0.25, 0.3) is 0 Å². The molecule has 9 heteroatoms. The molecule has 1 saturated heterocycles. The molecule has 1 amide bonds. The molecular weight excluding hydrogens is 445 g/mol. The molecule has 3 rings (SSSR count). The summed E-state index contributed by atoms with van der Waals surface area (Å²) < 4.78 is 17.6. The van der Waals surface area contributed by atoms with Gasteiger partial charge in [-0.3, -0.25) is 0 Å². The van der Waals surface area contributed by atoms with Crippen LogP contribution >= 0.6 is 11.6 Å². The molecule has 0 aromatic heterocycles. The summed E-state index contributed by atoms with van der Waals surface area (Å²) in [6.07, 6.45) is 1.11. The molecule has 1 fully saturated rings. The van der Waals surface area contributed by atoms with E-state index in [0.717, 1.165) is 5.56 Å². The van der Waals surface area contributed by atoms with Gasteiger partial charge >= 0.3 is 19.2 Å². The van der Waals surface area contributed by atoms with Gasteiger partial charge in [-0.1, -0.05) is 48.0 Å². The quantitative estimate of drug-likeness (QED) is 0.553. The zero-order valence-corrected chi connectivity index (χ0v) is 19.8. The molecule has 2 aromatic rings. The summed E-state index contributed by atoms with van der Waals surface area (Å²) in [5, 5.41) is 12.3.